The Labute approximate surface area is 108 Å². The van der Waals surface area contributed by atoms with E-state index in [-0.39, 0.29) is 35.7 Å². The summed E-state index contributed by atoms with van der Waals surface area (Å²) in [5.74, 6) is 0.126. The standard InChI is InChI=1S/C10H20N2O2S.ClH/c1-4-9(15-3)10(13)12-7-5-11-6-8(7)14-2;/h7-9,11H,4-6H2,1-3H3,(H,12,13);1H/t7?,8-,9?;/m0./s1. The minimum Gasteiger partial charge on any atom is -0.378 e. The third-order valence-electron chi connectivity index (χ3n) is 2.74. The Hall–Kier alpha value is 0.0300. The lowest BCUT2D eigenvalue weighted by atomic mass is 10.2. The van der Waals surface area contributed by atoms with E-state index in [1.165, 1.54) is 0 Å². The van der Waals surface area contributed by atoms with Gasteiger partial charge in [0.25, 0.3) is 0 Å². The van der Waals surface area contributed by atoms with Gasteiger partial charge in [-0.05, 0) is 12.7 Å². The number of thioether (sulfide) groups is 1. The third kappa shape index (κ3) is 4.13. The number of carbonyl (C=O) groups is 1. The van der Waals surface area contributed by atoms with Crippen molar-refractivity contribution in [2.45, 2.75) is 30.7 Å². The second-order valence-corrected chi connectivity index (χ2v) is 4.72. The van der Waals surface area contributed by atoms with Gasteiger partial charge >= 0.3 is 0 Å². The zero-order valence-electron chi connectivity index (χ0n) is 9.99. The van der Waals surface area contributed by atoms with Gasteiger partial charge in [0.05, 0.1) is 17.4 Å². The lowest BCUT2D eigenvalue weighted by molar-refractivity contribution is -0.121. The number of halogens is 1. The Kier molecular flexibility index (Phi) is 8.18. The van der Waals surface area contributed by atoms with Gasteiger partial charge in [0.1, 0.15) is 0 Å². The quantitative estimate of drug-likeness (QED) is 0.769. The molecule has 0 aromatic carbocycles. The SMILES string of the molecule is CCC(SC)C(=O)NC1CNC[C@@H]1OC.Cl. The first kappa shape index (κ1) is 16.0. The zero-order chi connectivity index (χ0) is 11.3. The summed E-state index contributed by atoms with van der Waals surface area (Å²) >= 11 is 1.60. The van der Waals surface area contributed by atoms with E-state index in [0.29, 0.717) is 0 Å². The summed E-state index contributed by atoms with van der Waals surface area (Å²) < 4.78 is 5.29. The predicted octanol–water partition coefficient (Wildman–Crippen LogP) is 0.653. The number of methoxy groups -OCH3 is 1. The molecule has 1 fully saturated rings. The van der Waals surface area contributed by atoms with Gasteiger partial charge in [0, 0.05) is 20.2 Å². The van der Waals surface area contributed by atoms with E-state index in [2.05, 4.69) is 10.6 Å². The maximum Gasteiger partial charge on any atom is 0.233 e. The van der Waals surface area contributed by atoms with Gasteiger partial charge in [-0.25, -0.2) is 0 Å². The lowest BCUT2D eigenvalue weighted by Crippen LogP contribution is -2.46. The Morgan fingerprint density at radius 1 is 1.62 bits per heavy atom. The number of hydrogen-bond donors (Lipinski definition) is 2. The second-order valence-electron chi connectivity index (χ2n) is 3.68. The molecule has 2 N–H and O–H groups in total. The van der Waals surface area contributed by atoms with Crippen LogP contribution in [0.4, 0.5) is 0 Å². The zero-order valence-corrected chi connectivity index (χ0v) is 11.6. The molecule has 0 radical (unpaired) electrons. The molecule has 0 aromatic heterocycles. The van der Waals surface area contributed by atoms with Crippen LogP contribution in [-0.2, 0) is 9.53 Å². The van der Waals surface area contributed by atoms with Crippen LogP contribution >= 0.6 is 24.2 Å². The molecule has 16 heavy (non-hydrogen) atoms. The van der Waals surface area contributed by atoms with Crippen molar-refractivity contribution in [2.24, 2.45) is 0 Å². The first-order valence-corrected chi connectivity index (χ1v) is 6.58. The van der Waals surface area contributed by atoms with Crippen LogP contribution in [-0.4, -0.2) is 49.8 Å². The van der Waals surface area contributed by atoms with E-state index in [1.807, 2.05) is 13.2 Å². The van der Waals surface area contributed by atoms with Crippen LogP contribution in [0.1, 0.15) is 13.3 Å². The van der Waals surface area contributed by atoms with Gasteiger partial charge < -0.3 is 15.4 Å². The molecule has 1 aliphatic heterocycles. The van der Waals surface area contributed by atoms with Crippen molar-refractivity contribution in [3.8, 4) is 0 Å². The molecular weight excluding hydrogens is 248 g/mol. The average molecular weight is 269 g/mol. The summed E-state index contributed by atoms with van der Waals surface area (Å²) in [4.78, 5) is 11.8. The number of ether oxygens (including phenoxy) is 1. The van der Waals surface area contributed by atoms with Crippen molar-refractivity contribution in [3.63, 3.8) is 0 Å². The molecule has 2 unspecified atom stereocenters. The first-order valence-electron chi connectivity index (χ1n) is 5.29. The second kappa shape index (κ2) is 8.17. The Balaban J connectivity index is 0.00000225. The molecule has 0 aliphatic carbocycles. The Morgan fingerprint density at radius 3 is 2.81 bits per heavy atom. The number of carbonyl (C=O) groups excluding carboxylic acids is 1. The highest BCUT2D eigenvalue weighted by molar-refractivity contribution is 7.99. The van der Waals surface area contributed by atoms with Gasteiger partial charge in [-0.1, -0.05) is 6.92 Å². The smallest absolute Gasteiger partial charge is 0.233 e. The van der Waals surface area contributed by atoms with E-state index in [0.717, 1.165) is 19.5 Å². The number of amides is 1. The first-order chi connectivity index (χ1) is 7.22. The summed E-state index contributed by atoms with van der Waals surface area (Å²) in [6, 6.07) is 0.115. The monoisotopic (exact) mass is 268 g/mol. The maximum absolute atomic E-state index is 11.8. The van der Waals surface area contributed by atoms with Crippen LogP contribution in [0.5, 0.6) is 0 Å². The molecule has 1 heterocycles. The van der Waals surface area contributed by atoms with E-state index in [9.17, 15) is 4.79 Å². The predicted molar refractivity (Wildman–Crippen MR) is 70.4 cm³/mol. The molecular formula is C10H21ClN2O2S. The highest BCUT2D eigenvalue weighted by atomic mass is 35.5. The molecule has 1 saturated heterocycles. The van der Waals surface area contributed by atoms with Crippen molar-refractivity contribution in [3.05, 3.63) is 0 Å². The summed E-state index contributed by atoms with van der Waals surface area (Å²) in [6.07, 6.45) is 2.94. The number of rotatable bonds is 5. The van der Waals surface area contributed by atoms with Crippen LogP contribution in [0, 0.1) is 0 Å². The number of hydrogen-bond acceptors (Lipinski definition) is 4. The Morgan fingerprint density at radius 2 is 2.31 bits per heavy atom. The topological polar surface area (TPSA) is 50.4 Å². The van der Waals surface area contributed by atoms with E-state index < -0.39 is 0 Å². The van der Waals surface area contributed by atoms with Gasteiger partial charge in [0.15, 0.2) is 0 Å². The van der Waals surface area contributed by atoms with E-state index in [4.69, 9.17) is 4.74 Å². The number of nitrogens with one attached hydrogen (secondary N) is 2. The molecule has 4 nitrogen and oxygen atoms in total. The summed E-state index contributed by atoms with van der Waals surface area (Å²) in [7, 11) is 1.68. The normalized spacial score (nSPS) is 25.9. The van der Waals surface area contributed by atoms with Gasteiger partial charge in [-0.3, -0.25) is 4.79 Å². The maximum atomic E-state index is 11.8. The summed E-state index contributed by atoms with van der Waals surface area (Å²) in [6.45, 7) is 3.65. The molecule has 0 aromatic rings. The van der Waals surface area contributed by atoms with Crippen LogP contribution in [0.25, 0.3) is 0 Å². The summed E-state index contributed by atoms with van der Waals surface area (Å²) in [5.41, 5.74) is 0. The minimum absolute atomic E-state index is 0. The highest BCUT2D eigenvalue weighted by Gasteiger charge is 2.29. The molecule has 6 heteroatoms. The fraction of sp³-hybridized carbons (Fsp3) is 0.900. The summed E-state index contributed by atoms with van der Waals surface area (Å²) in [5, 5.41) is 6.30. The van der Waals surface area contributed by atoms with Gasteiger partial charge in [-0.2, -0.15) is 11.8 Å². The molecule has 96 valence electrons. The van der Waals surface area contributed by atoms with Crippen molar-refractivity contribution >= 4 is 30.1 Å². The van der Waals surface area contributed by atoms with Crippen LogP contribution in [0.3, 0.4) is 0 Å². The molecule has 3 atom stereocenters. The Bertz CT molecular complexity index is 215. The van der Waals surface area contributed by atoms with Gasteiger partial charge in [0.2, 0.25) is 5.91 Å². The third-order valence-corrected chi connectivity index (χ3v) is 3.85. The van der Waals surface area contributed by atoms with Crippen molar-refractivity contribution in [1.82, 2.24) is 10.6 Å². The molecule has 0 saturated carbocycles. The molecule has 0 spiro atoms. The largest absolute Gasteiger partial charge is 0.378 e. The van der Waals surface area contributed by atoms with Gasteiger partial charge in [-0.15, -0.1) is 12.4 Å². The molecule has 1 rings (SSSR count). The molecule has 0 bridgehead atoms. The molecule has 1 amide bonds. The molecule has 1 aliphatic rings. The highest BCUT2D eigenvalue weighted by Crippen LogP contribution is 2.12. The van der Waals surface area contributed by atoms with E-state index >= 15 is 0 Å². The van der Waals surface area contributed by atoms with E-state index in [1.54, 1.807) is 18.9 Å². The van der Waals surface area contributed by atoms with Crippen LogP contribution in [0.2, 0.25) is 0 Å². The lowest BCUT2D eigenvalue weighted by Gasteiger charge is -2.21. The average Bonchev–Trinajstić information content (AvgIpc) is 2.67. The van der Waals surface area contributed by atoms with Crippen molar-refractivity contribution in [2.75, 3.05) is 26.5 Å². The van der Waals surface area contributed by atoms with Crippen molar-refractivity contribution < 1.29 is 9.53 Å². The van der Waals surface area contributed by atoms with Crippen LogP contribution < -0.4 is 10.6 Å². The van der Waals surface area contributed by atoms with Crippen molar-refractivity contribution in [1.29, 1.82) is 0 Å². The van der Waals surface area contributed by atoms with Crippen LogP contribution in [0.15, 0.2) is 0 Å². The minimum atomic E-state index is 0. The fourth-order valence-corrected chi connectivity index (χ4v) is 2.40. The fourth-order valence-electron chi connectivity index (χ4n) is 1.78.